The summed E-state index contributed by atoms with van der Waals surface area (Å²) < 4.78 is 13.0. The molecule has 3 aromatic rings. The number of pyridine rings is 1. The van der Waals surface area contributed by atoms with Crippen LogP contribution >= 0.6 is 0 Å². The van der Waals surface area contributed by atoms with Gasteiger partial charge in [0.1, 0.15) is 11.7 Å². The van der Waals surface area contributed by atoms with Gasteiger partial charge in [-0.1, -0.05) is 0 Å². The first-order valence-electron chi connectivity index (χ1n) is 7.93. The van der Waals surface area contributed by atoms with Crippen LogP contribution in [0.1, 0.15) is 12.0 Å². The summed E-state index contributed by atoms with van der Waals surface area (Å²) in [4.78, 5) is 15.9. The lowest BCUT2D eigenvalue weighted by atomic mass is 10.00. The number of nitrogens with two attached hydrogens (primary N) is 1. The molecule has 0 aliphatic heterocycles. The number of nitriles is 1. The van der Waals surface area contributed by atoms with Crippen molar-refractivity contribution >= 4 is 28.3 Å². The highest BCUT2D eigenvalue weighted by atomic mass is 19.1. The average Bonchev–Trinajstić information content (AvgIpc) is 3.38. The quantitative estimate of drug-likeness (QED) is 0.702. The van der Waals surface area contributed by atoms with E-state index in [2.05, 4.69) is 26.6 Å². The number of hydrogen-bond acceptors (Lipinski definition) is 6. The van der Waals surface area contributed by atoms with Gasteiger partial charge < -0.3 is 11.1 Å². The number of aromatic nitrogens is 3. The normalized spacial score (nSPS) is 18.3. The second kappa shape index (κ2) is 6.04. The third kappa shape index (κ3) is 2.80. The third-order valence-corrected chi connectivity index (χ3v) is 4.27. The SMILES string of the molecule is N#Cc1ccncc1-c1cc(N)c2nnc(NC(=O)[C@H]3C[C@H]3F)cc2c1. The largest absolute Gasteiger partial charge is 0.397 e. The molecular formula is C18H13FN6O. The second-order valence-corrected chi connectivity index (χ2v) is 6.11. The second-order valence-electron chi connectivity index (χ2n) is 6.11. The van der Waals surface area contributed by atoms with E-state index in [0.29, 0.717) is 33.3 Å². The highest BCUT2D eigenvalue weighted by Gasteiger charge is 2.43. The smallest absolute Gasteiger partial charge is 0.231 e. The van der Waals surface area contributed by atoms with Gasteiger partial charge in [-0.3, -0.25) is 9.78 Å². The predicted octanol–water partition coefficient (Wildman–Crippen LogP) is 2.44. The molecular weight excluding hydrogens is 335 g/mol. The van der Waals surface area contributed by atoms with Crippen LogP contribution in [-0.2, 0) is 4.79 Å². The van der Waals surface area contributed by atoms with Gasteiger partial charge in [-0.2, -0.15) is 5.26 Å². The van der Waals surface area contributed by atoms with Crippen molar-refractivity contribution in [3.05, 3.63) is 42.2 Å². The zero-order chi connectivity index (χ0) is 18.3. The number of benzene rings is 1. The van der Waals surface area contributed by atoms with Gasteiger partial charge in [-0.15, -0.1) is 10.2 Å². The molecule has 8 heteroatoms. The number of fused-ring (bicyclic) bond motifs is 1. The first kappa shape index (κ1) is 15.9. The number of carbonyl (C=O) groups is 1. The highest BCUT2D eigenvalue weighted by Crippen LogP contribution is 2.35. The number of rotatable bonds is 3. The van der Waals surface area contributed by atoms with Gasteiger partial charge in [-0.05, 0) is 36.2 Å². The lowest BCUT2D eigenvalue weighted by molar-refractivity contribution is -0.117. The molecule has 1 saturated carbocycles. The van der Waals surface area contributed by atoms with Crippen LogP contribution in [0.3, 0.4) is 0 Å². The zero-order valence-corrected chi connectivity index (χ0v) is 13.5. The Morgan fingerprint density at radius 1 is 1.35 bits per heavy atom. The van der Waals surface area contributed by atoms with Gasteiger partial charge in [0.2, 0.25) is 5.91 Å². The molecule has 7 nitrogen and oxygen atoms in total. The van der Waals surface area contributed by atoms with Gasteiger partial charge >= 0.3 is 0 Å². The fraction of sp³-hybridized carbons (Fsp3) is 0.167. The maximum atomic E-state index is 13.0. The Morgan fingerprint density at radius 2 is 2.15 bits per heavy atom. The van der Waals surface area contributed by atoms with Gasteiger partial charge in [0.25, 0.3) is 0 Å². The van der Waals surface area contributed by atoms with Crippen molar-refractivity contribution in [3.8, 4) is 17.2 Å². The van der Waals surface area contributed by atoms with Crippen LogP contribution in [0, 0.1) is 17.2 Å². The summed E-state index contributed by atoms with van der Waals surface area (Å²) >= 11 is 0. The molecule has 1 aliphatic rings. The standard InChI is InChI=1S/C18H13FN6O/c19-14-6-12(14)18(26)23-16-5-11-3-10(4-15(21)17(11)25-24-16)13-8-22-2-1-9(13)7-20/h1-5,8,12,14H,6,21H2,(H,23,24,26)/t12-,14+/m0/s1. The molecule has 1 amide bonds. The molecule has 0 unspecified atom stereocenters. The Kier molecular flexibility index (Phi) is 3.69. The van der Waals surface area contributed by atoms with Crippen molar-refractivity contribution in [1.82, 2.24) is 15.2 Å². The molecule has 4 rings (SSSR count). The molecule has 0 radical (unpaired) electrons. The van der Waals surface area contributed by atoms with Gasteiger partial charge in [0.05, 0.1) is 23.2 Å². The summed E-state index contributed by atoms with van der Waals surface area (Å²) in [6.45, 7) is 0. The number of nitrogen functional groups attached to an aromatic ring is 1. The summed E-state index contributed by atoms with van der Waals surface area (Å²) in [6.07, 6.45) is 2.29. The van der Waals surface area contributed by atoms with E-state index in [4.69, 9.17) is 5.73 Å². The first-order chi connectivity index (χ1) is 12.6. The molecule has 1 aliphatic carbocycles. The van der Waals surface area contributed by atoms with Crippen molar-refractivity contribution < 1.29 is 9.18 Å². The van der Waals surface area contributed by atoms with Crippen LogP contribution < -0.4 is 11.1 Å². The average molecular weight is 348 g/mol. The van der Waals surface area contributed by atoms with Crippen molar-refractivity contribution in [3.63, 3.8) is 0 Å². The van der Waals surface area contributed by atoms with Gasteiger partial charge in [0, 0.05) is 23.3 Å². The molecule has 0 bridgehead atoms. The zero-order valence-electron chi connectivity index (χ0n) is 13.5. The van der Waals surface area contributed by atoms with E-state index in [9.17, 15) is 14.4 Å². The topological polar surface area (TPSA) is 118 Å². The number of nitrogens with zero attached hydrogens (tertiary/aromatic N) is 4. The van der Waals surface area contributed by atoms with E-state index >= 15 is 0 Å². The number of halogens is 1. The lowest BCUT2D eigenvalue weighted by Crippen LogP contribution is -2.16. The van der Waals surface area contributed by atoms with E-state index in [-0.39, 0.29) is 12.2 Å². The minimum atomic E-state index is -1.08. The summed E-state index contributed by atoms with van der Waals surface area (Å²) in [5, 5.41) is 20.5. The van der Waals surface area contributed by atoms with Crippen molar-refractivity contribution in [2.24, 2.45) is 5.92 Å². The molecule has 0 saturated heterocycles. The van der Waals surface area contributed by atoms with Crippen molar-refractivity contribution in [2.45, 2.75) is 12.6 Å². The van der Waals surface area contributed by atoms with Crippen LogP contribution in [0.25, 0.3) is 22.0 Å². The predicted molar refractivity (Wildman–Crippen MR) is 93.5 cm³/mol. The van der Waals surface area contributed by atoms with Crippen LogP contribution in [0.5, 0.6) is 0 Å². The van der Waals surface area contributed by atoms with E-state index < -0.39 is 18.0 Å². The first-order valence-corrected chi connectivity index (χ1v) is 7.93. The number of alkyl halides is 1. The lowest BCUT2D eigenvalue weighted by Gasteiger charge is -2.09. The van der Waals surface area contributed by atoms with E-state index in [1.807, 2.05) is 0 Å². The van der Waals surface area contributed by atoms with Crippen LogP contribution in [0.2, 0.25) is 0 Å². The monoisotopic (exact) mass is 348 g/mol. The van der Waals surface area contributed by atoms with Crippen LogP contribution in [-0.4, -0.2) is 27.3 Å². The van der Waals surface area contributed by atoms with E-state index in [1.54, 1.807) is 36.7 Å². The third-order valence-electron chi connectivity index (χ3n) is 4.27. The summed E-state index contributed by atoms with van der Waals surface area (Å²) in [6, 6.07) is 8.86. The Morgan fingerprint density at radius 3 is 2.88 bits per heavy atom. The molecule has 2 atom stereocenters. The molecule has 1 fully saturated rings. The molecule has 2 aromatic heterocycles. The highest BCUT2D eigenvalue weighted by molar-refractivity contribution is 5.98. The molecule has 0 spiro atoms. The molecule has 128 valence electrons. The summed E-state index contributed by atoms with van der Waals surface area (Å²) in [5.74, 6) is -0.795. The fourth-order valence-electron chi connectivity index (χ4n) is 2.78. The Labute approximate surface area is 147 Å². The molecule has 26 heavy (non-hydrogen) atoms. The minimum Gasteiger partial charge on any atom is -0.397 e. The van der Waals surface area contributed by atoms with E-state index in [1.165, 1.54) is 0 Å². The Bertz CT molecular complexity index is 1080. The van der Waals surface area contributed by atoms with Gasteiger partial charge in [0.15, 0.2) is 5.82 Å². The Hall–Kier alpha value is -3.60. The van der Waals surface area contributed by atoms with Crippen LogP contribution in [0.4, 0.5) is 15.9 Å². The minimum absolute atomic E-state index is 0.227. The Balaban J connectivity index is 1.75. The number of amides is 1. The van der Waals surface area contributed by atoms with Crippen molar-refractivity contribution in [2.75, 3.05) is 11.1 Å². The molecule has 3 N–H and O–H groups in total. The maximum absolute atomic E-state index is 13.0. The number of anilines is 2. The van der Waals surface area contributed by atoms with E-state index in [0.717, 1.165) is 0 Å². The van der Waals surface area contributed by atoms with Crippen LogP contribution in [0.15, 0.2) is 36.7 Å². The number of hydrogen-bond donors (Lipinski definition) is 2. The fourth-order valence-corrected chi connectivity index (χ4v) is 2.78. The summed E-state index contributed by atoms with van der Waals surface area (Å²) in [7, 11) is 0. The molecule has 2 heterocycles. The van der Waals surface area contributed by atoms with Crippen molar-refractivity contribution in [1.29, 1.82) is 5.26 Å². The molecule has 1 aromatic carbocycles. The maximum Gasteiger partial charge on any atom is 0.231 e. The number of nitrogens with one attached hydrogen (secondary N) is 1. The summed E-state index contributed by atoms with van der Waals surface area (Å²) in [5.41, 5.74) is 8.75. The van der Waals surface area contributed by atoms with Gasteiger partial charge in [-0.25, -0.2) is 4.39 Å². The number of carbonyl (C=O) groups excluding carboxylic acids is 1.